The largest absolute Gasteiger partial charge is 0.480 e. The molecule has 0 spiro atoms. The van der Waals surface area contributed by atoms with Crippen molar-refractivity contribution in [1.29, 1.82) is 0 Å². The third kappa shape index (κ3) is 1.46. The third-order valence-electron chi connectivity index (χ3n) is 4.52. The molecule has 1 aliphatic carbocycles. The average molecular weight is 238 g/mol. The molecule has 1 fully saturated rings. The lowest BCUT2D eigenvalue weighted by molar-refractivity contribution is -0.140. The van der Waals surface area contributed by atoms with Crippen LogP contribution in [0.1, 0.15) is 52.4 Å². The Labute approximate surface area is 100 Å². The minimum Gasteiger partial charge on any atom is -0.480 e. The first-order valence-corrected chi connectivity index (χ1v) is 5.72. The fourth-order valence-electron chi connectivity index (χ4n) is 2.61. The van der Waals surface area contributed by atoms with E-state index in [4.69, 9.17) is 5.11 Å². The Hall–Kier alpha value is -1.46. The number of carboxylic acid groups (broad SMARTS) is 1. The van der Waals surface area contributed by atoms with Gasteiger partial charge in [0.2, 0.25) is 0 Å². The fraction of sp³-hybridized carbons (Fsp3) is 0.818. The highest BCUT2D eigenvalue weighted by Gasteiger charge is 2.67. The van der Waals surface area contributed by atoms with Crippen molar-refractivity contribution in [2.24, 2.45) is 10.8 Å². The number of aromatic nitrogens is 4. The van der Waals surface area contributed by atoms with Crippen LogP contribution in [0.25, 0.3) is 0 Å². The number of carbonyl (C=O) groups is 1. The minimum absolute atomic E-state index is 0.0949. The number of hydrogen-bond donors (Lipinski definition) is 1. The molecule has 6 heteroatoms. The first kappa shape index (κ1) is 12.0. The first-order valence-electron chi connectivity index (χ1n) is 5.72. The molecule has 1 aliphatic rings. The first-order chi connectivity index (χ1) is 7.71. The highest BCUT2D eigenvalue weighted by Crippen LogP contribution is 2.73. The Bertz CT molecular complexity index is 450. The quantitative estimate of drug-likeness (QED) is 0.862. The molecule has 6 nitrogen and oxygen atoms in total. The summed E-state index contributed by atoms with van der Waals surface area (Å²) in [7, 11) is 0. The maximum atomic E-state index is 11.0. The van der Waals surface area contributed by atoms with Gasteiger partial charge in [-0.05, 0) is 28.2 Å². The number of carboxylic acids is 1. The van der Waals surface area contributed by atoms with E-state index in [1.54, 1.807) is 6.92 Å². The van der Waals surface area contributed by atoms with Gasteiger partial charge in [-0.25, -0.2) is 9.48 Å². The zero-order chi connectivity index (χ0) is 13.0. The van der Waals surface area contributed by atoms with Gasteiger partial charge >= 0.3 is 5.97 Å². The smallest absolute Gasteiger partial charge is 0.328 e. The Balaban J connectivity index is 2.37. The van der Waals surface area contributed by atoms with Gasteiger partial charge in [0.15, 0.2) is 5.82 Å². The van der Waals surface area contributed by atoms with Crippen LogP contribution in [-0.2, 0) is 4.79 Å². The van der Waals surface area contributed by atoms with Gasteiger partial charge in [0.05, 0.1) is 0 Å². The van der Waals surface area contributed by atoms with Gasteiger partial charge in [-0.15, -0.1) is 5.10 Å². The van der Waals surface area contributed by atoms with Gasteiger partial charge in [0, 0.05) is 5.92 Å². The van der Waals surface area contributed by atoms with Crippen molar-refractivity contribution in [3.05, 3.63) is 5.82 Å². The molecule has 0 radical (unpaired) electrons. The SMILES string of the molecule is CC(C(=O)O)n1nnnc1C1C(C)(C)C1(C)C. The van der Waals surface area contributed by atoms with E-state index < -0.39 is 12.0 Å². The van der Waals surface area contributed by atoms with E-state index in [2.05, 4.69) is 43.2 Å². The molecule has 1 atom stereocenters. The van der Waals surface area contributed by atoms with Gasteiger partial charge in [-0.2, -0.15) is 0 Å². The monoisotopic (exact) mass is 238 g/mol. The maximum absolute atomic E-state index is 11.0. The number of aliphatic carboxylic acids is 1. The lowest BCUT2D eigenvalue weighted by Gasteiger charge is -2.09. The Morgan fingerprint density at radius 1 is 1.35 bits per heavy atom. The van der Waals surface area contributed by atoms with Gasteiger partial charge in [-0.3, -0.25) is 0 Å². The zero-order valence-electron chi connectivity index (χ0n) is 10.8. The summed E-state index contributed by atoms with van der Waals surface area (Å²) in [5.41, 5.74) is 0.190. The molecule has 1 N–H and O–H groups in total. The van der Waals surface area contributed by atoms with Crippen molar-refractivity contribution < 1.29 is 9.90 Å². The van der Waals surface area contributed by atoms with Gasteiger partial charge in [-0.1, -0.05) is 27.7 Å². The molecular weight excluding hydrogens is 220 g/mol. The van der Waals surface area contributed by atoms with Crippen LogP contribution in [0, 0.1) is 10.8 Å². The predicted molar refractivity (Wildman–Crippen MR) is 60.5 cm³/mol. The molecule has 0 saturated heterocycles. The Morgan fingerprint density at radius 3 is 2.29 bits per heavy atom. The molecule has 2 rings (SSSR count). The van der Waals surface area contributed by atoms with Crippen LogP contribution in [0.3, 0.4) is 0 Å². The number of tetrazole rings is 1. The maximum Gasteiger partial charge on any atom is 0.328 e. The van der Waals surface area contributed by atoms with Crippen LogP contribution in [0.2, 0.25) is 0 Å². The van der Waals surface area contributed by atoms with E-state index >= 15 is 0 Å². The molecule has 1 aromatic rings. The number of rotatable bonds is 3. The van der Waals surface area contributed by atoms with Gasteiger partial charge in [0.1, 0.15) is 6.04 Å². The Kier molecular flexibility index (Phi) is 2.31. The standard InChI is InChI=1S/C11H18N4O2/c1-6(9(16)17)15-8(12-13-14-15)7-10(2,3)11(7,4)5/h6-7H,1-5H3,(H,16,17). The molecule has 1 aromatic heterocycles. The van der Waals surface area contributed by atoms with Gasteiger partial charge < -0.3 is 5.11 Å². The molecule has 17 heavy (non-hydrogen) atoms. The van der Waals surface area contributed by atoms with Crippen LogP contribution in [0.15, 0.2) is 0 Å². The molecule has 1 unspecified atom stereocenters. The van der Waals surface area contributed by atoms with Crippen molar-refractivity contribution in [3.8, 4) is 0 Å². The van der Waals surface area contributed by atoms with Crippen molar-refractivity contribution in [2.45, 2.75) is 46.6 Å². The van der Waals surface area contributed by atoms with Crippen molar-refractivity contribution >= 4 is 5.97 Å². The van der Waals surface area contributed by atoms with Crippen LogP contribution in [0.4, 0.5) is 0 Å². The molecule has 0 aliphatic heterocycles. The van der Waals surface area contributed by atoms with E-state index in [-0.39, 0.29) is 16.7 Å². The van der Waals surface area contributed by atoms with E-state index in [9.17, 15) is 4.79 Å². The highest BCUT2D eigenvalue weighted by molar-refractivity contribution is 5.71. The second kappa shape index (κ2) is 3.27. The average Bonchev–Trinajstić information content (AvgIpc) is 2.56. The van der Waals surface area contributed by atoms with Crippen LogP contribution < -0.4 is 0 Å². The summed E-state index contributed by atoms with van der Waals surface area (Å²) in [4.78, 5) is 11.0. The second-order valence-electron chi connectivity index (χ2n) is 5.87. The molecule has 0 amide bonds. The predicted octanol–water partition coefficient (Wildman–Crippen LogP) is 1.47. The van der Waals surface area contributed by atoms with Crippen molar-refractivity contribution in [2.75, 3.05) is 0 Å². The van der Waals surface area contributed by atoms with E-state index in [1.165, 1.54) is 4.68 Å². The Morgan fingerprint density at radius 2 is 1.88 bits per heavy atom. The minimum atomic E-state index is -0.921. The summed E-state index contributed by atoms with van der Waals surface area (Å²) in [5.74, 6) is -0.0449. The summed E-state index contributed by atoms with van der Waals surface area (Å²) in [6.45, 7) is 10.2. The van der Waals surface area contributed by atoms with E-state index in [0.29, 0.717) is 5.82 Å². The number of nitrogens with zero attached hydrogens (tertiary/aromatic N) is 4. The molecule has 1 heterocycles. The molecule has 1 saturated carbocycles. The summed E-state index contributed by atoms with van der Waals surface area (Å²) >= 11 is 0. The third-order valence-corrected chi connectivity index (χ3v) is 4.52. The normalized spacial score (nSPS) is 23.4. The molecule has 0 aromatic carbocycles. The van der Waals surface area contributed by atoms with E-state index in [0.717, 1.165) is 0 Å². The highest BCUT2D eigenvalue weighted by atomic mass is 16.4. The molecule has 94 valence electrons. The zero-order valence-corrected chi connectivity index (χ0v) is 10.8. The summed E-state index contributed by atoms with van der Waals surface area (Å²) in [6.07, 6.45) is 0. The van der Waals surface area contributed by atoms with Crippen LogP contribution in [-0.4, -0.2) is 31.3 Å². The molecule has 0 bridgehead atoms. The van der Waals surface area contributed by atoms with Crippen molar-refractivity contribution in [3.63, 3.8) is 0 Å². The topological polar surface area (TPSA) is 80.9 Å². The molecular formula is C11H18N4O2. The van der Waals surface area contributed by atoms with E-state index in [1.807, 2.05) is 0 Å². The summed E-state index contributed by atoms with van der Waals surface area (Å²) in [6, 6.07) is -0.729. The van der Waals surface area contributed by atoms with Crippen molar-refractivity contribution in [1.82, 2.24) is 20.2 Å². The summed E-state index contributed by atoms with van der Waals surface area (Å²) in [5, 5.41) is 20.5. The second-order valence-corrected chi connectivity index (χ2v) is 5.87. The van der Waals surface area contributed by atoms with Crippen LogP contribution >= 0.6 is 0 Å². The van der Waals surface area contributed by atoms with Gasteiger partial charge in [0.25, 0.3) is 0 Å². The lowest BCUT2D eigenvalue weighted by atomic mass is 10.0. The number of hydrogen-bond acceptors (Lipinski definition) is 4. The summed E-state index contributed by atoms with van der Waals surface area (Å²) < 4.78 is 1.42. The lowest BCUT2D eigenvalue weighted by Crippen LogP contribution is -2.19. The fourth-order valence-corrected chi connectivity index (χ4v) is 2.61. The van der Waals surface area contributed by atoms with Crippen LogP contribution in [0.5, 0.6) is 0 Å².